The van der Waals surface area contributed by atoms with E-state index in [0.717, 1.165) is 37.3 Å². The van der Waals surface area contributed by atoms with Crippen molar-refractivity contribution in [3.8, 4) is 0 Å². The lowest BCUT2D eigenvalue weighted by Crippen LogP contribution is -2.13. The third-order valence-electron chi connectivity index (χ3n) is 3.60. The van der Waals surface area contributed by atoms with Gasteiger partial charge in [-0.3, -0.25) is 10.1 Å². The first-order valence-corrected chi connectivity index (χ1v) is 8.41. The average molecular weight is 310 g/mol. The summed E-state index contributed by atoms with van der Waals surface area (Å²) in [6, 6.07) is 5.47. The molecule has 0 saturated carbocycles. The number of thioether (sulfide) groups is 1. The summed E-state index contributed by atoms with van der Waals surface area (Å²) in [6.45, 7) is 5.68. The molecule has 0 aliphatic carbocycles. The standard InChI is InChI=1S/C15H22N2O3S/c1-3-7-16-13-5-4-12(9-14(13)17(18)19)10-21-15-6-8-20-11(15)2/h4-5,9,11,15-16H,3,6-8,10H2,1-2H3. The van der Waals surface area contributed by atoms with Crippen molar-refractivity contribution in [2.24, 2.45) is 0 Å². The van der Waals surface area contributed by atoms with Crippen LogP contribution in [-0.4, -0.2) is 29.4 Å². The Kier molecular flexibility index (Phi) is 5.87. The van der Waals surface area contributed by atoms with Crippen LogP contribution in [0.25, 0.3) is 0 Å². The number of ether oxygens (including phenoxy) is 1. The Labute approximate surface area is 129 Å². The number of anilines is 1. The molecule has 21 heavy (non-hydrogen) atoms. The van der Waals surface area contributed by atoms with Crippen LogP contribution in [0, 0.1) is 10.1 Å². The van der Waals surface area contributed by atoms with E-state index >= 15 is 0 Å². The lowest BCUT2D eigenvalue weighted by Gasteiger charge is -2.13. The number of hydrogen-bond acceptors (Lipinski definition) is 5. The molecule has 5 nitrogen and oxygen atoms in total. The lowest BCUT2D eigenvalue weighted by molar-refractivity contribution is -0.384. The van der Waals surface area contributed by atoms with Crippen LogP contribution in [-0.2, 0) is 10.5 Å². The van der Waals surface area contributed by atoms with Crippen LogP contribution in [0.15, 0.2) is 18.2 Å². The molecule has 2 rings (SSSR count). The first kappa shape index (κ1) is 16.1. The molecule has 0 aromatic heterocycles. The number of nitro benzene ring substituents is 1. The number of nitro groups is 1. The van der Waals surface area contributed by atoms with Crippen LogP contribution in [0.2, 0.25) is 0 Å². The van der Waals surface area contributed by atoms with Crippen molar-refractivity contribution < 1.29 is 9.66 Å². The Balaban J connectivity index is 2.03. The van der Waals surface area contributed by atoms with E-state index in [1.54, 1.807) is 6.07 Å². The van der Waals surface area contributed by atoms with E-state index < -0.39 is 0 Å². The first-order chi connectivity index (χ1) is 10.1. The van der Waals surface area contributed by atoms with Gasteiger partial charge in [-0.15, -0.1) is 0 Å². The van der Waals surface area contributed by atoms with Crippen molar-refractivity contribution in [3.63, 3.8) is 0 Å². The van der Waals surface area contributed by atoms with E-state index in [2.05, 4.69) is 12.2 Å². The molecule has 1 aliphatic heterocycles. The summed E-state index contributed by atoms with van der Waals surface area (Å²) in [6.07, 6.45) is 2.27. The minimum atomic E-state index is -0.312. The second-order valence-corrected chi connectivity index (χ2v) is 6.48. The van der Waals surface area contributed by atoms with Crippen molar-refractivity contribution in [1.29, 1.82) is 0 Å². The van der Waals surface area contributed by atoms with Gasteiger partial charge in [-0.25, -0.2) is 0 Å². The third-order valence-corrected chi connectivity index (χ3v) is 5.14. The number of rotatable bonds is 7. The van der Waals surface area contributed by atoms with Crippen LogP contribution in [0.5, 0.6) is 0 Å². The van der Waals surface area contributed by atoms with Crippen LogP contribution in [0.3, 0.4) is 0 Å². The smallest absolute Gasteiger partial charge is 0.292 e. The number of benzene rings is 1. The molecule has 1 aliphatic rings. The molecule has 0 spiro atoms. The van der Waals surface area contributed by atoms with E-state index in [-0.39, 0.29) is 16.7 Å². The lowest BCUT2D eigenvalue weighted by atomic mass is 10.2. The second-order valence-electron chi connectivity index (χ2n) is 5.25. The van der Waals surface area contributed by atoms with Gasteiger partial charge in [0.1, 0.15) is 5.69 Å². The molecule has 1 fully saturated rings. The highest BCUT2D eigenvalue weighted by molar-refractivity contribution is 7.99. The normalized spacial score (nSPS) is 21.4. The van der Waals surface area contributed by atoms with Gasteiger partial charge in [0.05, 0.1) is 11.0 Å². The monoisotopic (exact) mass is 310 g/mol. The molecule has 1 N–H and O–H groups in total. The van der Waals surface area contributed by atoms with E-state index in [4.69, 9.17) is 4.74 Å². The summed E-state index contributed by atoms with van der Waals surface area (Å²) in [5.41, 5.74) is 1.76. The highest BCUT2D eigenvalue weighted by Crippen LogP contribution is 2.32. The maximum absolute atomic E-state index is 11.2. The zero-order valence-corrected chi connectivity index (χ0v) is 13.3. The highest BCUT2D eigenvalue weighted by Gasteiger charge is 2.24. The number of nitrogens with zero attached hydrogens (tertiary/aromatic N) is 1. The van der Waals surface area contributed by atoms with E-state index in [1.165, 1.54) is 0 Å². The van der Waals surface area contributed by atoms with Gasteiger partial charge < -0.3 is 10.1 Å². The predicted molar refractivity (Wildman–Crippen MR) is 87.0 cm³/mol. The molecule has 6 heteroatoms. The van der Waals surface area contributed by atoms with Crippen molar-refractivity contribution in [3.05, 3.63) is 33.9 Å². The molecule has 1 heterocycles. The van der Waals surface area contributed by atoms with E-state index in [0.29, 0.717) is 10.9 Å². The number of hydrogen-bond donors (Lipinski definition) is 1. The molecule has 1 aromatic rings. The zero-order chi connectivity index (χ0) is 15.2. The fraction of sp³-hybridized carbons (Fsp3) is 0.600. The number of nitrogens with one attached hydrogen (secondary N) is 1. The summed E-state index contributed by atoms with van der Waals surface area (Å²) in [5.74, 6) is 0.785. The van der Waals surface area contributed by atoms with Crippen LogP contribution < -0.4 is 5.32 Å². The topological polar surface area (TPSA) is 64.4 Å². The highest BCUT2D eigenvalue weighted by atomic mass is 32.2. The van der Waals surface area contributed by atoms with Gasteiger partial charge in [0, 0.05) is 30.2 Å². The molecule has 1 saturated heterocycles. The Morgan fingerprint density at radius 3 is 2.95 bits per heavy atom. The quantitative estimate of drug-likeness (QED) is 0.612. The summed E-state index contributed by atoms with van der Waals surface area (Å²) in [4.78, 5) is 10.9. The summed E-state index contributed by atoms with van der Waals surface area (Å²) in [5, 5.41) is 14.8. The van der Waals surface area contributed by atoms with Crippen LogP contribution in [0.1, 0.15) is 32.3 Å². The maximum atomic E-state index is 11.2. The fourth-order valence-corrected chi connectivity index (χ4v) is 3.56. The molecule has 116 valence electrons. The zero-order valence-electron chi connectivity index (χ0n) is 12.5. The molecule has 0 radical (unpaired) electrons. The van der Waals surface area contributed by atoms with Gasteiger partial charge in [-0.2, -0.15) is 11.8 Å². The van der Waals surface area contributed by atoms with Crippen molar-refractivity contribution >= 4 is 23.1 Å². The Morgan fingerprint density at radius 1 is 1.52 bits per heavy atom. The Bertz CT molecular complexity index is 496. The third kappa shape index (κ3) is 4.35. The van der Waals surface area contributed by atoms with E-state index in [9.17, 15) is 10.1 Å². The van der Waals surface area contributed by atoms with Gasteiger partial charge in [0.2, 0.25) is 0 Å². The van der Waals surface area contributed by atoms with Gasteiger partial charge in [-0.1, -0.05) is 13.0 Å². The summed E-state index contributed by atoms with van der Waals surface area (Å²) < 4.78 is 5.54. The summed E-state index contributed by atoms with van der Waals surface area (Å²) >= 11 is 1.82. The molecule has 0 amide bonds. The van der Waals surface area contributed by atoms with E-state index in [1.807, 2.05) is 30.8 Å². The van der Waals surface area contributed by atoms with Gasteiger partial charge >= 0.3 is 0 Å². The predicted octanol–water partition coefficient (Wildman–Crippen LogP) is 3.83. The van der Waals surface area contributed by atoms with Crippen LogP contribution in [0.4, 0.5) is 11.4 Å². The Morgan fingerprint density at radius 2 is 2.33 bits per heavy atom. The van der Waals surface area contributed by atoms with Crippen LogP contribution >= 0.6 is 11.8 Å². The molecule has 1 aromatic carbocycles. The average Bonchev–Trinajstić information content (AvgIpc) is 2.88. The van der Waals surface area contributed by atoms with Crippen molar-refractivity contribution in [2.45, 2.75) is 43.8 Å². The molecule has 0 bridgehead atoms. The molecule has 2 unspecified atom stereocenters. The summed E-state index contributed by atoms with van der Waals surface area (Å²) in [7, 11) is 0. The molecule has 2 atom stereocenters. The first-order valence-electron chi connectivity index (χ1n) is 7.36. The SMILES string of the molecule is CCCNc1ccc(CSC2CCOC2C)cc1[N+](=O)[O-]. The van der Waals surface area contributed by atoms with Gasteiger partial charge in [0.25, 0.3) is 5.69 Å². The molecular weight excluding hydrogens is 288 g/mol. The van der Waals surface area contributed by atoms with Gasteiger partial charge in [0.15, 0.2) is 0 Å². The minimum absolute atomic E-state index is 0.164. The molecular formula is C15H22N2O3S. The Hall–Kier alpha value is -1.27. The van der Waals surface area contributed by atoms with Crippen molar-refractivity contribution in [2.75, 3.05) is 18.5 Å². The fourth-order valence-electron chi connectivity index (χ4n) is 2.36. The largest absolute Gasteiger partial charge is 0.380 e. The maximum Gasteiger partial charge on any atom is 0.292 e. The van der Waals surface area contributed by atoms with Crippen molar-refractivity contribution in [1.82, 2.24) is 0 Å². The second kappa shape index (κ2) is 7.66. The minimum Gasteiger partial charge on any atom is -0.380 e. The van der Waals surface area contributed by atoms with Gasteiger partial charge in [-0.05, 0) is 31.4 Å².